The van der Waals surface area contributed by atoms with Gasteiger partial charge in [0.15, 0.2) is 0 Å². The molecule has 6 nitrogen and oxygen atoms in total. The first-order valence-corrected chi connectivity index (χ1v) is 5.94. The van der Waals surface area contributed by atoms with Crippen molar-refractivity contribution in [3.63, 3.8) is 0 Å². The zero-order valence-corrected chi connectivity index (χ0v) is 11.1. The van der Waals surface area contributed by atoms with E-state index in [1.54, 1.807) is 24.3 Å². The number of nitriles is 1. The van der Waals surface area contributed by atoms with Gasteiger partial charge < -0.3 is 4.74 Å². The molecule has 21 heavy (non-hydrogen) atoms. The molecule has 0 saturated carbocycles. The molecule has 0 heterocycles. The molecule has 0 radical (unpaired) electrons. The summed E-state index contributed by atoms with van der Waals surface area (Å²) in [4.78, 5) is 22.1. The van der Waals surface area contributed by atoms with Gasteiger partial charge in [-0.3, -0.25) is 10.1 Å². The first-order chi connectivity index (χ1) is 10.1. The third-order valence-electron chi connectivity index (χ3n) is 2.92. The largest absolute Gasteiger partial charge is 0.465 e. The van der Waals surface area contributed by atoms with Gasteiger partial charge in [0, 0.05) is 6.07 Å². The smallest absolute Gasteiger partial charge is 0.338 e. The third kappa shape index (κ3) is 2.87. The highest BCUT2D eigenvalue weighted by Gasteiger charge is 2.19. The second-order valence-electron chi connectivity index (χ2n) is 4.17. The molecule has 104 valence electrons. The Morgan fingerprint density at radius 2 is 2.05 bits per heavy atom. The second kappa shape index (κ2) is 5.84. The molecule has 2 rings (SSSR count). The maximum absolute atomic E-state index is 11.4. The fourth-order valence-electron chi connectivity index (χ4n) is 1.93. The summed E-state index contributed by atoms with van der Waals surface area (Å²) in [5.41, 5.74) is 1.16. The summed E-state index contributed by atoms with van der Waals surface area (Å²) in [6.45, 7) is 0. The monoisotopic (exact) mass is 282 g/mol. The number of esters is 1. The Balaban J connectivity index is 2.60. The molecule has 0 aliphatic heterocycles. The molecule has 0 N–H and O–H groups in total. The van der Waals surface area contributed by atoms with Crippen molar-refractivity contribution in [3.05, 3.63) is 63.7 Å². The van der Waals surface area contributed by atoms with Gasteiger partial charge in [-0.25, -0.2) is 4.79 Å². The minimum atomic E-state index is -0.643. The normalized spacial score (nSPS) is 9.71. The van der Waals surface area contributed by atoms with E-state index in [0.29, 0.717) is 16.7 Å². The van der Waals surface area contributed by atoms with Gasteiger partial charge in [-0.05, 0) is 29.8 Å². The number of nitrogens with zero attached hydrogens (tertiary/aromatic N) is 2. The summed E-state index contributed by atoms with van der Waals surface area (Å²) >= 11 is 0. The Bertz CT molecular complexity index is 763. The van der Waals surface area contributed by atoms with Crippen LogP contribution in [0.2, 0.25) is 0 Å². The Morgan fingerprint density at radius 1 is 1.29 bits per heavy atom. The van der Waals surface area contributed by atoms with Gasteiger partial charge in [0.1, 0.15) is 0 Å². The Hall–Kier alpha value is -3.20. The van der Waals surface area contributed by atoms with Gasteiger partial charge in [0.05, 0.1) is 34.8 Å². The second-order valence-corrected chi connectivity index (χ2v) is 4.17. The molecule has 6 heteroatoms. The van der Waals surface area contributed by atoms with E-state index in [1.165, 1.54) is 25.3 Å². The molecule has 0 amide bonds. The maximum Gasteiger partial charge on any atom is 0.338 e. The fraction of sp³-hybridized carbons (Fsp3) is 0.0667. The van der Waals surface area contributed by atoms with Crippen LogP contribution in [0.4, 0.5) is 5.69 Å². The molecule has 0 aliphatic carbocycles. The molecule has 0 spiro atoms. The minimum Gasteiger partial charge on any atom is -0.465 e. The Kier molecular flexibility index (Phi) is 3.95. The van der Waals surface area contributed by atoms with Crippen LogP contribution in [0.1, 0.15) is 15.9 Å². The van der Waals surface area contributed by atoms with E-state index in [0.717, 1.165) is 0 Å². The highest BCUT2D eigenvalue weighted by molar-refractivity contribution is 5.92. The summed E-state index contributed by atoms with van der Waals surface area (Å²) in [5, 5.41) is 20.1. The van der Waals surface area contributed by atoms with Gasteiger partial charge in [-0.15, -0.1) is 0 Å². The van der Waals surface area contributed by atoms with E-state index in [9.17, 15) is 14.9 Å². The highest BCUT2D eigenvalue weighted by atomic mass is 16.6. The number of nitro groups is 1. The predicted molar refractivity (Wildman–Crippen MR) is 74.6 cm³/mol. The maximum atomic E-state index is 11.4. The van der Waals surface area contributed by atoms with Crippen molar-refractivity contribution in [1.82, 2.24) is 0 Å². The van der Waals surface area contributed by atoms with Crippen molar-refractivity contribution in [3.8, 4) is 17.2 Å². The Labute approximate surface area is 120 Å². The number of ether oxygens (including phenoxy) is 1. The SMILES string of the molecule is COC(=O)c1ccc(-c2cccc(C#N)c2)c([N+](=O)[O-])c1. The van der Waals surface area contributed by atoms with E-state index in [2.05, 4.69) is 4.74 Å². The van der Waals surface area contributed by atoms with Crippen LogP contribution in [0.15, 0.2) is 42.5 Å². The summed E-state index contributed by atoms with van der Waals surface area (Å²) in [5.74, 6) is -0.643. The lowest BCUT2D eigenvalue weighted by molar-refractivity contribution is -0.384. The van der Waals surface area contributed by atoms with Crippen molar-refractivity contribution in [2.24, 2.45) is 0 Å². The molecule has 2 aromatic rings. The molecule has 0 aromatic heterocycles. The number of benzene rings is 2. The lowest BCUT2D eigenvalue weighted by atomic mass is 10.00. The number of carbonyl (C=O) groups is 1. The van der Waals surface area contributed by atoms with Gasteiger partial charge in [-0.2, -0.15) is 5.26 Å². The first kappa shape index (κ1) is 14.2. The number of hydrogen-bond donors (Lipinski definition) is 0. The molecule has 0 unspecified atom stereocenters. The minimum absolute atomic E-state index is 0.101. The van der Waals surface area contributed by atoms with Crippen LogP contribution in [-0.2, 0) is 4.74 Å². The van der Waals surface area contributed by atoms with Gasteiger partial charge >= 0.3 is 5.97 Å². The standard InChI is InChI=1S/C15H10N2O4/c1-21-15(18)12-5-6-13(14(8-12)17(19)20)11-4-2-3-10(7-11)9-16/h2-8H,1H3. The topological polar surface area (TPSA) is 93.2 Å². The molecule has 0 aliphatic rings. The van der Waals surface area contributed by atoms with Crippen molar-refractivity contribution in [2.45, 2.75) is 0 Å². The molecular weight excluding hydrogens is 272 g/mol. The number of nitro benzene ring substituents is 1. The fourth-order valence-corrected chi connectivity index (χ4v) is 1.93. The number of hydrogen-bond acceptors (Lipinski definition) is 5. The highest BCUT2D eigenvalue weighted by Crippen LogP contribution is 2.31. The number of rotatable bonds is 3. The van der Waals surface area contributed by atoms with Crippen LogP contribution in [-0.4, -0.2) is 18.0 Å². The van der Waals surface area contributed by atoms with E-state index in [1.807, 2.05) is 6.07 Å². The van der Waals surface area contributed by atoms with Gasteiger partial charge in [0.25, 0.3) is 5.69 Å². The summed E-state index contributed by atoms with van der Waals surface area (Å²) in [6.07, 6.45) is 0. The average molecular weight is 282 g/mol. The van der Waals surface area contributed by atoms with Crippen LogP contribution in [0.25, 0.3) is 11.1 Å². The average Bonchev–Trinajstić information content (AvgIpc) is 2.53. The lowest BCUT2D eigenvalue weighted by Gasteiger charge is -2.06. The molecule has 2 aromatic carbocycles. The van der Waals surface area contributed by atoms with Gasteiger partial charge in [-0.1, -0.05) is 12.1 Å². The molecule has 0 saturated heterocycles. The van der Waals surface area contributed by atoms with Crippen LogP contribution in [0.3, 0.4) is 0 Å². The van der Waals surface area contributed by atoms with Crippen molar-refractivity contribution in [1.29, 1.82) is 5.26 Å². The summed E-state index contributed by atoms with van der Waals surface area (Å²) in [7, 11) is 1.21. The number of carbonyl (C=O) groups excluding carboxylic acids is 1. The zero-order chi connectivity index (χ0) is 15.4. The van der Waals surface area contributed by atoms with Crippen LogP contribution in [0, 0.1) is 21.4 Å². The van der Waals surface area contributed by atoms with E-state index < -0.39 is 10.9 Å². The van der Waals surface area contributed by atoms with Crippen LogP contribution in [0.5, 0.6) is 0 Å². The Morgan fingerprint density at radius 3 is 2.67 bits per heavy atom. The molecule has 0 fully saturated rings. The molecule has 0 atom stereocenters. The lowest BCUT2D eigenvalue weighted by Crippen LogP contribution is -2.03. The molecular formula is C15H10N2O4. The van der Waals surface area contributed by atoms with E-state index >= 15 is 0 Å². The van der Waals surface area contributed by atoms with E-state index in [-0.39, 0.29) is 11.3 Å². The third-order valence-corrected chi connectivity index (χ3v) is 2.92. The zero-order valence-electron chi connectivity index (χ0n) is 11.1. The van der Waals surface area contributed by atoms with E-state index in [4.69, 9.17) is 5.26 Å². The first-order valence-electron chi connectivity index (χ1n) is 5.94. The van der Waals surface area contributed by atoms with Gasteiger partial charge in [0.2, 0.25) is 0 Å². The summed E-state index contributed by atoms with van der Waals surface area (Å²) in [6, 6.07) is 12.5. The number of methoxy groups -OCH3 is 1. The molecule has 0 bridgehead atoms. The van der Waals surface area contributed by atoms with Crippen molar-refractivity contribution >= 4 is 11.7 Å². The predicted octanol–water partition coefficient (Wildman–Crippen LogP) is 2.92. The van der Waals surface area contributed by atoms with Crippen LogP contribution < -0.4 is 0 Å². The van der Waals surface area contributed by atoms with Crippen molar-refractivity contribution < 1.29 is 14.5 Å². The summed E-state index contributed by atoms with van der Waals surface area (Å²) < 4.78 is 4.55. The quantitative estimate of drug-likeness (QED) is 0.490. The van der Waals surface area contributed by atoms with Crippen molar-refractivity contribution in [2.75, 3.05) is 7.11 Å². The van der Waals surface area contributed by atoms with Crippen LogP contribution >= 0.6 is 0 Å².